The van der Waals surface area contributed by atoms with E-state index in [2.05, 4.69) is 12.2 Å². The third-order valence-corrected chi connectivity index (χ3v) is 3.01. The van der Waals surface area contributed by atoms with Crippen LogP contribution < -0.4 is 5.32 Å². The normalized spacial score (nSPS) is 39.9. The van der Waals surface area contributed by atoms with Crippen LogP contribution in [0.1, 0.15) is 26.2 Å². The summed E-state index contributed by atoms with van der Waals surface area (Å²) in [6, 6.07) is 0.546. The van der Waals surface area contributed by atoms with Gasteiger partial charge in [-0.1, -0.05) is 0 Å². The van der Waals surface area contributed by atoms with Gasteiger partial charge in [0, 0.05) is 25.8 Å². The second kappa shape index (κ2) is 4.40. The van der Waals surface area contributed by atoms with E-state index in [-0.39, 0.29) is 0 Å². The second-order valence-corrected chi connectivity index (χ2v) is 4.01. The smallest absolute Gasteiger partial charge is 0.0700 e. The van der Waals surface area contributed by atoms with Crippen molar-refractivity contribution in [3.63, 3.8) is 0 Å². The highest BCUT2D eigenvalue weighted by Gasteiger charge is 2.25. The molecule has 2 fully saturated rings. The van der Waals surface area contributed by atoms with E-state index in [1.165, 1.54) is 12.8 Å². The average molecular weight is 185 g/mol. The van der Waals surface area contributed by atoms with Crippen LogP contribution in [0.4, 0.5) is 0 Å². The Labute approximate surface area is 79.8 Å². The zero-order valence-electron chi connectivity index (χ0n) is 8.29. The minimum absolute atomic E-state index is 0.376. The molecule has 13 heavy (non-hydrogen) atoms. The Bertz CT molecular complexity index is 157. The van der Waals surface area contributed by atoms with Crippen LogP contribution in [0.2, 0.25) is 0 Å². The summed E-state index contributed by atoms with van der Waals surface area (Å²) in [4.78, 5) is 0. The van der Waals surface area contributed by atoms with Gasteiger partial charge < -0.3 is 14.8 Å². The van der Waals surface area contributed by atoms with Gasteiger partial charge in [-0.25, -0.2) is 0 Å². The van der Waals surface area contributed by atoms with Crippen molar-refractivity contribution in [2.75, 3.05) is 19.8 Å². The van der Waals surface area contributed by atoms with Gasteiger partial charge in [-0.05, 0) is 26.2 Å². The van der Waals surface area contributed by atoms with Crippen molar-refractivity contribution in [2.45, 2.75) is 44.4 Å². The molecule has 0 aliphatic carbocycles. The fraction of sp³-hybridized carbons (Fsp3) is 1.00. The summed E-state index contributed by atoms with van der Waals surface area (Å²) >= 11 is 0. The SMILES string of the molecule is C[C@@H]1OCC[C@@H]1NC[C@H]1CCCO1. The molecule has 3 heteroatoms. The van der Waals surface area contributed by atoms with Gasteiger partial charge in [-0.3, -0.25) is 0 Å². The van der Waals surface area contributed by atoms with E-state index < -0.39 is 0 Å². The molecule has 0 radical (unpaired) electrons. The van der Waals surface area contributed by atoms with Gasteiger partial charge in [0.15, 0.2) is 0 Å². The van der Waals surface area contributed by atoms with E-state index in [0.717, 1.165) is 26.2 Å². The Hall–Kier alpha value is -0.120. The lowest BCUT2D eigenvalue weighted by atomic mass is 10.1. The van der Waals surface area contributed by atoms with Crippen LogP contribution in [-0.4, -0.2) is 38.0 Å². The fourth-order valence-electron chi connectivity index (χ4n) is 2.09. The summed E-state index contributed by atoms with van der Waals surface area (Å²) in [5.41, 5.74) is 0. The van der Waals surface area contributed by atoms with E-state index >= 15 is 0 Å². The van der Waals surface area contributed by atoms with Crippen LogP contribution in [0.15, 0.2) is 0 Å². The molecule has 2 saturated heterocycles. The van der Waals surface area contributed by atoms with Gasteiger partial charge in [0.05, 0.1) is 12.2 Å². The molecule has 0 amide bonds. The molecule has 0 unspecified atom stereocenters. The van der Waals surface area contributed by atoms with E-state index in [0.29, 0.717) is 18.2 Å². The Balaban J connectivity index is 1.66. The molecule has 0 saturated carbocycles. The molecule has 0 aromatic heterocycles. The van der Waals surface area contributed by atoms with Crippen molar-refractivity contribution < 1.29 is 9.47 Å². The summed E-state index contributed by atoms with van der Waals surface area (Å²) < 4.78 is 11.0. The van der Waals surface area contributed by atoms with Gasteiger partial charge >= 0.3 is 0 Å². The lowest BCUT2D eigenvalue weighted by Crippen LogP contribution is -2.39. The number of ether oxygens (including phenoxy) is 2. The first-order valence-corrected chi connectivity index (χ1v) is 5.33. The molecule has 0 bridgehead atoms. The minimum Gasteiger partial charge on any atom is -0.377 e. The molecular weight excluding hydrogens is 166 g/mol. The van der Waals surface area contributed by atoms with Crippen molar-refractivity contribution in [3.8, 4) is 0 Å². The topological polar surface area (TPSA) is 30.5 Å². The Morgan fingerprint density at radius 2 is 2.15 bits per heavy atom. The second-order valence-electron chi connectivity index (χ2n) is 4.01. The van der Waals surface area contributed by atoms with Gasteiger partial charge in [0.2, 0.25) is 0 Å². The number of nitrogens with one attached hydrogen (secondary N) is 1. The maximum atomic E-state index is 5.54. The monoisotopic (exact) mass is 185 g/mol. The number of hydrogen-bond donors (Lipinski definition) is 1. The molecule has 0 aromatic carbocycles. The summed E-state index contributed by atoms with van der Waals surface area (Å²) in [7, 11) is 0. The number of rotatable bonds is 3. The highest BCUT2D eigenvalue weighted by molar-refractivity contribution is 4.80. The van der Waals surface area contributed by atoms with Crippen LogP contribution in [0.25, 0.3) is 0 Å². The van der Waals surface area contributed by atoms with Gasteiger partial charge in [0.1, 0.15) is 0 Å². The largest absolute Gasteiger partial charge is 0.377 e. The van der Waals surface area contributed by atoms with Crippen LogP contribution in [0, 0.1) is 0 Å². The van der Waals surface area contributed by atoms with Crippen molar-refractivity contribution >= 4 is 0 Å². The van der Waals surface area contributed by atoms with Crippen LogP contribution in [-0.2, 0) is 9.47 Å². The molecule has 2 aliphatic rings. The Morgan fingerprint density at radius 3 is 2.77 bits per heavy atom. The molecular formula is C10H19NO2. The predicted octanol–water partition coefficient (Wildman–Crippen LogP) is 0.932. The van der Waals surface area contributed by atoms with Crippen LogP contribution >= 0.6 is 0 Å². The number of hydrogen-bond acceptors (Lipinski definition) is 3. The zero-order chi connectivity index (χ0) is 9.10. The molecule has 2 rings (SSSR count). The standard InChI is InChI=1S/C10H19NO2/c1-8-10(4-6-12-8)11-7-9-3-2-5-13-9/h8-11H,2-7H2,1H3/t8-,9+,10-/m0/s1. The third kappa shape index (κ3) is 2.42. The molecule has 1 N–H and O–H groups in total. The summed E-state index contributed by atoms with van der Waals surface area (Å²) in [5.74, 6) is 0. The highest BCUT2D eigenvalue weighted by atomic mass is 16.5. The van der Waals surface area contributed by atoms with Crippen molar-refractivity contribution in [1.29, 1.82) is 0 Å². The highest BCUT2D eigenvalue weighted by Crippen LogP contribution is 2.15. The third-order valence-electron chi connectivity index (χ3n) is 3.01. The Kier molecular flexibility index (Phi) is 3.19. The van der Waals surface area contributed by atoms with E-state index in [1.807, 2.05) is 0 Å². The zero-order valence-corrected chi connectivity index (χ0v) is 8.29. The van der Waals surface area contributed by atoms with Crippen molar-refractivity contribution in [1.82, 2.24) is 5.32 Å². The molecule has 3 atom stereocenters. The maximum Gasteiger partial charge on any atom is 0.0700 e. The summed E-state index contributed by atoms with van der Waals surface area (Å²) in [6.45, 7) is 4.99. The lowest BCUT2D eigenvalue weighted by Gasteiger charge is -2.18. The quantitative estimate of drug-likeness (QED) is 0.709. The van der Waals surface area contributed by atoms with Gasteiger partial charge in [-0.15, -0.1) is 0 Å². The first-order valence-electron chi connectivity index (χ1n) is 5.33. The van der Waals surface area contributed by atoms with Crippen LogP contribution in [0.3, 0.4) is 0 Å². The van der Waals surface area contributed by atoms with Gasteiger partial charge in [0.25, 0.3) is 0 Å². The Morgan fingerprint density at radius 1 is 1.23 bits per heavy atom. The lowest BCUT2D eigenvalue weighted by molar-refractivity contribution is 0.0925. The van der Waals surface area contributed by atoms with E-state index in [9.17, 15) is 0 Å². The average Bonchev–Trinajstić information content (AvgIpc) is 2.72. The molecule has 3 nitrogen and oxygen atoms in total. The molecule has 2 heterocycles. The van der Waals surface area contributed by atoms with Crippen molar-refractivity contribution in [3.05, 3.63) is 0 Å². The molecule has 2 aliphatic heterocycles. The molecule has 0 spiro atoms. The van der Waals surface area contributed by atoms with Gasteiger partial charge in [-0.2, -0.15) is 0 Å². The molecule has 0 aromatic rings. The first-order chi connectivity index (χ1) is 6.36. The fourth-order valence-corrected chi connectivity index (χ4v) is 2.09. The molecule has 76 valence electrons. The predicted molar refractivity (Wildman–Crippen MR) is 50.8 cm³/mol. The van der Waals surface area contributed by atoms with E-state index in [4.69, 9.17) is 9.47 Å². The first kappa shape index (κ1) is 9.44. The van der Waals surface area contributed by atoms with Crippen LogP contribution in [0.5, 0.6) is 0 Å². The maximum absolute atomic E-state index is 5.54. The summed E-state index contributed by atoms with van der Waals surface area (Å²) in [5, 5.41) is 3.52. The van der Waals surface area contributed by atoms with Crippen molar-refractivity contribution in [2.24, 2.45) is 0 Å². The minimum atomic E-state index is 0.376. The van der Waals surface area contributed by atoms with E-state index in [1.54, 1.807) is 0 Å². The summed E-state index contributed by atoms with van der Waals surface area (Å²) in [6.07, 6.45) is 4.42.